The molecule has 0 bridgehead atoms. The second-order valence-electron chi connectivity index (χ2n) is 13.0. The Balaban J connectivity index is 1.37. The highest BCUT2D eigenvalue weighted by molar-refractivity contribution is 6.03. The van der Waals surface area contributed by atoms with Gasteiger partial charge in [-0.3, -0.25) is 14.5 Å². The number of halogens is 1. The van der Waals surface area contributed by atoms with Gasteiger partial charge in [0.1, 0.15) is 23.4 Å². The summed E-state index contributed by atoms with van der Waals surface area (Å²) in [4.78, 5) is 31.4. The number of carbonyl (C=O) groups excluding carboxylic acids is 2. The summed E-state index contributed by atoms with van der Waals surface area (Å²) in [6, 6.07) is 26.6. The van der Waals surface area contributed by atoms with Crippen molar-refractivity contribution in [1.82, 2.24) is 9.80 Å². The highest BCUT2D eigenvalue weighted by atomic mass is 19.1. The van der Waals surface area contributed by atoms with Crippen molar-refractivity contribution in [2.45, 2.75) is 58.7 Å². The number of nitrogens with zero attached hydrogens (tertiary/aromatic N) is 2. The number of likely N-dealkylation sites (N-methyl/N-ethyl adjacent to an activating group) is 1. The van der Waals surface area contributed by atoms with Crippen LogP contribution in [-0.2, 0) is 11.3 Å². The first-order valence-corrected chi connectivity index (χ1v) is 16.9. The molecule has 4 aromatic carbocycles. The van der Waals surface area contributed by atoms with Crippen molar-refractivity contribution in [3.8, 4) is 17.2 Å². The number of fused-ring (bicyclic) bond motifs is 1. The van der Waals surface area contributed by atoms with Crippen LogP contribution in [0.5, 0.6) is 17.2 Å². The highest BCUT2D eigenvalue weighted by Crippen LogP contribution is 2.36. The van der Waals surface area contributed by atoms with Gasteiger partial charge in [0.2, 0.25) is 5.91 Å². The molecule has 0 saturated heterocycles. The second-order valence-corrected chi connectivity index (χ2v) is 13.0. The minimum Gasteiger partial charge on any atom is -0.486 e. The van der Waals surface area contributed by atoms with E-state index in [1.807, 2.05) is 83.3 Å². The zero-order valence-corrected chi connectivity index (χ0v) is 28.9. The van der Waals surface area contributed by atoms with Crippen molar-refractivity contribution in [3.63, 3.8) is 0 Å². The largest absolute Gasteiger partial charge is 0.486 e. The Labute approximate surface area is 288 Å². The van der Waals surface area contributed by atoms with Crippen LogP contribution in [0.15, 0.2) is 91.0 Å². The summed E-state index contributed by atoms with van der Waals surface area (Å²) in [5.41, 5.74) is 3.57. The number of hydrogen-bond donors (Lipinski definition) is 2. The average Bonchev–Trinajstić information content (AvgIpc) is 3.09. The van der Waals surface area contributed by atoms with E-state index in [1.54, 1.807) is 35.2 Å². The molecule has 1 aliphatic heterocycles. The van der Waals surface area contributed by atoms with Crippen LogP contribution < -0.4 is 14.8 Å². The van der Waals surface area contributed by atoms with Gasteiger partial charge in [-0.15, -0.1) is 0 Å². The number of ether oxygens (including phenoxy) is 2. The molecule has 0 fully saturated rings. The lowest BCUT2D eigenvalue weighted by Crippen LogP contribution is -2.49. The standard InChI is InChI=1S/C40H46FN3O5/c1-6-33(30-16-18-31(41)19-17-30)39(46)42-35-12-9-11-34-38(35)49-37(27(3)22-44(40(34)47)28(4)25-45)24-43(5)23-29-14-20-32(21-15-29)48-36-13-8-7-10-26(36)2/h7-21,27-28,33,37,45H,6,22-25H2,1-5H3,(H,42,46)/t27-,28+,33?,37-/m1/s1. The molecule has 0 aliphatic carbocycles. The van der Waals surface area contributed by atoms with E-state index in [9.17, 15) is 19.1 Å². The molecule has 1 unspecified atom stereocenters. The van der Waals surface area contributed by atoms with E-state index in [0.29, 0.717) is 48.6 Å². The van der Waals surface area contributed by atoms with Crippen LogP contribution in [-0.4, -0.2) is 65.6 Å². The number of benzene rings is 4. The number of aliphatic hydroxyl groups is 1. The minimum atomic E-state index is -0.527. The molecule has 2 N–H and O–H groups in total. The predicted molar refractivity (Wildman–Crippen MR) is 190 cm³/mol. The molecule has 49 heavy (non-hydrogen) atoms. The Morgan fingerprint density at radius 1 is 1.06 bits per heavy atom. The summed E-state index contributed by atoms with van der Waals surface area (Å²) in [6.45, 7) is 9.16. The average molecular weight is 668 g/mol. The van der Waals surface area contributed by atoms with E-state index in [4.69, 9.17) is 9.47 Å². The Kier molecular flexibility index (Phi) is 11.7. The molecule has 4 aromatic rings. The van der Waals surface area contributed by atoms with E-state index in [0.717, 1.165) is 22.6 Å². The number of amides is 2. The van der Waals surface area contributed by atoms with Gasteiger partial charge in [-0.2, -0.15) is 0 Å². The fourth-order valence-corrected chi connectivity index (χ4v) is 6.19. The SMILES string of the molecule is CCC(C(=O)Nc1cccc2c1O[C@H](CN(C)Cc1ccc(Oc3ccccc3C)cc1)[C@H](C)CN([C@@H](C)CO)C2=O)c1ccc(F)cc1. The zero-order chi connectivity index (χ0) is 35.1. The quantitative estimate of drug-likeness (QED) is 0.164. The summed E-state index contributed by atoms with van der Waals surface area (Å²) in [5.74, 6) is 0.325. The van der Waals surface area contributed by atoms with Crippen LogP contribution in [0.4, 0.5) is 10.1 Å². The van der Waals surface area contributed by atoms with E-state index in [1.165, 1.54) is 12.1 Å². The number of carbonyl (C=O) groups is 2. The van der Waals surface area contributed by atoms with Gasteiger partial charge in [-0.25, -0.2) is 4.39 Å². The van der Waals surface area contributed by atoms with E-state index in [-0.39, 0.29) is 36.3 Å². The number of nitrogens with one attached hydrogen (secondary N) is 1. The maximum absolute atomic E-state index is 13.9. The van der Waals surface area contributed by atoms with Gasteiger partial charge >= 0.3 is 0 Å². The third-order valence-electron chi connectivity index (χ3n) is 9.14. The van der Waals surface area contributed by atoms with Crippen molar-refractivity contribution >= 4 is 17.5 Å². The summed E-state index contributed by atoms with van der Waals surface area (Å²) in [5, 5.41) is 13.1. The van der Waals surface area contributed by atoms with Crippen molar-refractivity contribution in [3.05, 3.63) is 119 Å². The maximum Gasteiger partial charge on any atom is 0.258 e. The molecule has 0 spiro atoms. The Hall–Kier alpha value is -4.73. The predicted octanol–water partition coefficient (Wildman–Crippen LogP) is 7.41. The second kappa shape index (κ2) is 16.1. The molecule has 4 atom stereocenters. The molecule has 9 heteroatoms. The lowest BCUT2D eigenvalue weighted by molar-refractivity contribution is -0.117. The summed E-state index contributed by atoms with van der Waals surface area (Å²) >= 11 is 0. The van der Waals surface area contributed by atoms with Crippen molar-refractivity contribution in [2.24, 2.45) is 5.92 Å². The first-order chi connectivity index (χ1) is 23.6. The molecule has 258 valence electrons. The topological polar surface area (TPSA) is 91.3 Å². The third kappa shape index (κ3) is 8.66. The summed E-state index contributed by atoms with van der Waals surface area (Å²) in [7, 11) is 2.02. The van der Waals surface area contributed by atoms with Gasteiger partial charge in [0, 0.05) is 25.6 Å². The van der Waals surface area contributed by atoms with Crippen molar-refractivity contribution in [2.75, 3.05) is 32.1 Å². The van der Waals surface area contributed by atoms with Gasteiger partial charge in [-0.05, 0) is 86.5 Å². The van der Waals surface area contributed by atoms with Gasteiger partial charge in [-0.1, -0.05) is 62.4 Å². The van der Waals surface area contributed by atoms with Gasteiger partial charge < -0.3 is 24.8 Å². The number of para-hydroxylation sites is 2. The molecule has 0 radical (unpaired) electrons. The van der Waals surface area contributed by atoms with Gasteiger partial charge in [0.25, 0.3) is 5.91 Å². The van der Waals surface area contributed by atoms with E-state index in [2.05, 4.69) is 10.2 Å². The number of rotatable bonds is 12. The maximum atomic E-state index is 13.9. The molecule has 1 aliphatic rings. The lowest BCUT2D eigenvalue weighted by Gasteiger charge is -2.38. The van der Waals surface area contributed by atoms with Crippen molar-refractivity contribution < 1.29 is 28.6 Å². The van der Waals surface area contributed by atoms with Gasteiger partial charge in [0.05, 0.1) is 29.8 Å². The normalized spacial score (nSPS) is 17.4. The Morgan fingerprint density at radius 2 is 1.78 bits per heavy atom. The third-order valence-corrected chi connectivity index (χ3v) is 9.14. The molecule has 1 heterocycles. The van der Waals surface area contributed by atoms with Crippen LogP contribution in [0.3, 0.4) is 0 Å². The zero-order valence-electron chi connectivity index (χ0n) is 28.9. The fourth-order valence-electron chi connectivity index (χ4n) is 6.19. The first-order valence-electron chi connectivity index (χ1n) is 16.9. The molecule has 2 amide bonds. The summed E-state index contributed by atoms with van der Waals surface area (Å²) in [6.07, 6.45) is 0.142. The van der Waals surface area contributed by atoms with Crippen molar-refractivity contribution in [1.29, 1.82) is 0 Å². The number of aliphatic hydroxyl groups excluding tert-OH is 1. The van der Waals surface area contributed by atoms with Crippen LogP contribution in [0.2, 0.25) is 0 Å². The number of hydrogen-bond acceptors (Lipinski definition) is 6. The molecule has 8 nitrogen and oxygen atoms in total. The molecular weight excluding hydrogens is 621 g/mol. The van der Waals surface area contributed by atoms with Crippen LogP contribution >= 0.6 is 0 Å². The van der Waals surface area contributed by atoms with Crippen LogP contribution in [0.1, 0.15) is 60.2 Å². The first kappa shape index (κ1) is 35.6. The van der Waals surface area contributed by atoms with Crippen LogP contribution in [0, 0.1) is 18.7 Å². The molecule has 0 aromatic heterocycles. The molecular formula is C40H46FN3O5. The minimum absolute atomic E-state index is 0.107. The van der Waals surface area contributed by atoms with E-state index < -0.39 is 12.0 Å². The number of aryl methyl sites for hydroxylation is 1. The fraction of sp³-hybridized carbons (Fsp3) is 0.350. The van der Waals surface area contributed by atoms with Gasteiger partial charge in [0.15, 0.2) is 5.75 Å². The van der Waals surface area contributed by atoms with E-state index >= 15 is 0 Å². The summed E-state index contributed by atoms with van der Waals surface area (Å²) < 4.78 is 26.4. The monoisotopic (exact) mass is 667 g/mol. The molecule has 0 saturated carbocycles. The highest BCUT2D eigenvalue weighted by Gasteiger charge is 2.35. The molecule has 5 rings (SSSR count). The lowest BCUT2D eigenvalue weighted by atomic mass is 9.95. The Morgan fingerprint density at radius 3 is 2.45 bits per heavy atom. The Bertz CT molecular complexity index is 1730. The number of anilines is 1. The van der Waals surface area contributed by atoms with Crippen LogP contribution in [0.25, 0.3) is 0 Å². The smallest absolute Gasteiger partial charge is 0.258 e.